The van der Waals surface area contributed by atoms with E-state index in [4.69, 9.17) is 9.52 Å². The minimum atomic E-state index is -1.06. The van der Waals surface area contributed by atoms with Gasteiger partial charge < -0.3 is 14.4 Å². The lowest BCUT2D eigenvalue weighted by Gasteiger charge is -2.37. The Bertz CT molecular complexity index is 1070. The van der Waals surface area contributed by atoms with Crippen LogP contribution < -0.4 is 10.2 Å². The molecule has 0 bridgehead atoms. The van der Waals surface area contributed by atoms with Gasteiger partial charge in [-0.25, -0.2) is 9.78 Å². The van der Waals surface area contributed by atoms with Crippen molar-refractivity contribution in [3.63, 3.8) is 0 Å². The molecule has 3 heterocycles. The molecule has 0 saturated carbocycles. The normalized spacial score (nSPS) is 14.7. The van der Waals surface area contributed by atoms with Gasteiger partial charge in [0.1, 0.15) is 5.82 Å². The van der Waals surface area contributed by atoms with Crippen molar-refractivity contribution in [2.45, 2.75) is 32.2 Å². The first kappa shape index (κ1) is 22.5. The summed E-state index contributed by atoms with van der Waals surface area (Å²) >= 11 is 0. The van der Waals surface area contributed by atoms with Gasteiger partial charge in [-0.05, 0) is 61.6 Å². The molecule has 2 aromatic heterocycles. The molecule has 1 aliphatic heterocycles. The number of nitrogens with one attached hydrogen (secondary N) is 1. The number of rotatable bonds is 7. The lowest BCUT2D eigenvalue weighted by Crippen LogP contribution is -2.48. The highest BCUT2D eigenvalue weighted by atomic mass is 16.4. The first-order valence-corrected chi connectivity index (χ1v) is 11.1. The fraction of sp³-hybridized carbons (Fsp3) is 0.320. The molecule has 1 aliphatic rings. The average molecular weight is 449 g/mol. The number of hydrogen-bond acceptors (Lipinski definition) is 5. The van der Waals surface area contributed by atoms with Gasteiger partial charge in [0.2, 0.25) is 0 Å². The molecule has 0 atom stereocenters. The molecule has 33 heavy (non-hydrogen) atoms. The molecule has 8 heteroatoms. The molecule has 0 aliphatic carbocycles. The number of para-hydroxylation sites is 1. The van der Waals surface area contributed by atoms with Crippen molar-refractivity contribution in [1.82, 2.24) is 9.88 Å². The number of carbonyl (C=O) groups is 2. The second-order valence-electron chi connectivity index (χ2n) is 8.26. The second kappa shape index (κ2) is 10.3. The van der Waals surface area contributed by atoms with Crippen molar-refractivity contribution in [3.8, 4) is 0 Å². The highest BCUT2D eigenvalue weighted by Crippen LogP contribution is 2.25. The lowest BCUT2D eigenvalue weighted by molar-refractivity contribution is 0.0932. The van der Waals surface area contributed by atoms with Gasteiger partial charge in [0, 0.05) is 37.6 Å². The fourth-order valence-electron chi connectivity index (χ4n) is 4.23. The Hall–Kier alpha value is -3.65. The zero-order valence-electron chi connectivity index (χ0n) is 18.6. The third kappa shape index (κ3) is 5.59. The highest BCUT2D eigenvalue weighted by molar-refractivity contribution is 6.04. The molecule has 2 amide bonds. The van der Waals surface area contributed by atoms with Gasteiger partial charge in [0.25, 0.3) is 5.91 Å². The average Bonchev–Trinajstić information content (AvgIpc) is 3.35. The number of nitrogens with zero attached hydrogens (tertiary/aromatic N) is 3. The van der Waals surface area contributed by atoms with Crippen LogP contribution in [0.4, 0.5) is 16.3 Å². The molecular formula is C25H28N4O4. The summed E-state index contributed by atoms with van der Waals surface area (Å²) in [6.45, 7) is 4.47. The third-order valence-electron chi connectivity index (χ3n) is 5.97. The van der Waals surface area contributed by atoms with Crippen LogP contribution in [0.25, 0.3) is 0 Å². The maximum Gasteiger partial charge on any atom is 0.409 e. The van der Waals surface area contributed by atoms with E-state index in [1.54, 1.807) is 29.3 Å². The van der Waals surface area contributed by atoms with Crippen LogP contribution in [-0.2, 0) is 6.42 Å². The topological polar surface area (TPSA) is 98.9 Å². The third-order valence-corrected chi connectivity index (χ3v) is 5.97. The van der Waals surface area contributed by atoms with E-state index in [1.807, 2.05) is 37.3 Å². The Morgan fingerprint density at radius 3 is 2.61 bits per heavy atom. The summed E-state index contributed by atoms with van der Waals surface area (Å²) in [5, 5.41) is 11.5. The number of likely N-dealkylation sites (tertiary alicyclic amines) is 1. The summed E-state index contributed by atoms with van der Waals surface area (Å²) in [5.74, 6) is 0.764. The van der Waals surface area contributed by atoms with Gasteiger partial charge in [-0.15, -0.1) is 0 Å². The first-order chi connectivity index (χ1) is 16.0. The number of furan rings is 1. The van der Waals surface area contributed by atoms with Crippen LogP contribution in [0.5, 0.6) is 0 Å². The van der Waals surface area contributed by atoms with Crippen LogP contribution in [0.3, 0.4) is 0 Å². The number of anilines is 2. The van der Waals surface area contributed by atoms with Gasteiger partial charge in [0.15, 0.2) is 5.76 Å². The van der Waals surface area contributed by atoms with E-state index in [2.05, 4.69) is 15.2 Å². The van der Waals surface area contributed by atoms with Crippen molar-refractivity contribution in [2.24, 2.45) is 0 Å². The quantitative estimate of drug-likeness (QED) is 0.555. The number of aromatic nitrogens is 1. The van der Waals surface area contributed by atoms with E-state index in [9.17, 15) is 9.59 Å². The largest absolute Gasteiger partial charge is 0.465 e. The Balaban J connectivity index is 1.41. The maximum atomic E-state index is 13.2. The van der Waals surface area contributed by atoms with Crippen LogP contribution in [0.1, 0.15) is 34.5 Å². The Labute approximate surface area is 192 Å². The number of piperidine rings is 1. The SMILES string of the molecule is Cc1ccc(N(C(=O)c2ccco2)C2CCN(CCc3ccccc3NC(=O)O)CC2)nc1. The molecule has 3 aromatic rings. The van der Waals surface area contributed by atoms with Gasteiger partial charge in [0.05, 0.1) is 6.26 Å². The van der Waals surface area contributed by atoms with Gasteiger partial charge >= 0.3 is 6.09 Å². The highest BCUT2D eigenvalue weighted by Gasteiger charge is 2.31. The Morgan fingerprint density at radius 1 is 1.15 bits per heavy atom. The smallest absolute Gasteiger partial charge is 0.409 e. The molecule has 0 unspecified atom stereocenters. The van der Waals surface area contributed by atoms with Crippen LogP contribution >= 0.6 is 0 Å². The zero-order chi connectivity index (χ0) is 23.2. The summed E-state index contributed by atoms with van der Waals surface area (Å²) in [6.07, 6.45) is 4.60. The van der Waals surface area contributed by atoms with E-state index < -0.39 is 6.09 Å². The summed E-state index contributed by atoms with van der Waals surface area (Å²) in [4.78, 5) is 32.9. The van der Waals surface area contributed by atoms with Crippen molar-refractivity contribution in [1.29, 1.82) is 0 Å². The first-order valence-electron chi connectivity index (χ1n) is 11.1. The van der Waals surface area contributed by atoms with Crippen LogP contribution in [0.15, 0.2) is 65.4 Å². The van der Waals surface area contributed by atoms with Crippen molar-refractivity contribution >= 4 is 23.5 Å². The monoisotopic (exact) mass is 448 g/mol. The lowest BCUT2D eigenvalue weighted by atomic mass is 10.0. The van der Waals surface area contributed by atoms with E-state index in [0.29, 0.717) is 17.3 Å². The van der Waals surface area contributed by atoms with E-state index in [1.165, 1.54) is 6.26 Å². The summed E-state index contributed by atoms with van der Waals surface area (Å²) in [7, 11) is 0. The number of aryl methyl sites for hydroxylation is 1. The minimum Gasteiger partial charge on any atom is -0.465 e. The van der Waals surface area contributed by atoms with E-state index >= 15 is 0 Å². The van der Waals surface area contributed by atoms with Gasteiger partial charge in [-0.2, -0.15) is 0 Å². The number of pyridine rings is 1. The summed E-state index contributed by atoms with van der Waals surface area (Å²) in [6, 6.07) is 14.7. The number of carboxylic acid groups (broad SMARTS) is 1. The molecule has 1 saturated heterocycles. The van der Waals surface area contributed by atoms with Crippen molar-refractivity contribution < 1.29 is 19.1 Å². The molecule has 0 radical (unpaired) electrons. The molecule has 1 fully saturated rings. The van der Waals surface area contributed by atoms with Crippen molar-refractivity contribution in [3.05, 3.63) is 77.9 Å². The van der Waals surface area contributed by atoms with Crippen LogP contribution in [-0.4, -0.2) is 52.7 Å². The molecular weight excluding hydrogens is 420 g/mol. The Kier molecular flexibility index (Phi) is 7.04. The van der Waals surface area contributed by atoms with Crippen LogP contribution in [0, 0.1) is 6.92 Å². The zero-order valence-corrected chi connectivity index (χ0v) is 18.6. The summed E-state index contributed by atoms with van der Waals surface area (Å²) in [5.41, 5.74) is 2.64. The number of amides is 2. The molecule has 4 rings (SSSR count). The Morgan fingerprint density at radius 2 is 1.94 bits per heavy atom. The fourth-order valence-corrected chi connectivity index (χ4v) is 4.23. The molecule has 1 aromatic carbocycles. The predicted octanol–water partition coefficient (Wildman–Crippen LogP) is 4.43. The van der Waals surface area contributed by atoms with E-state index in [0.717, 1.165) is 50.0 Å². The molecule has 172 valence electrons. The summed E-state index contributed by atoms with van der Waals surface area (Å²) < 4.78 is 5.38. The molecule has 8 nitrogen and oxygen atoms in total. The van der Waals surface area contributed by atoms with Crippen LogP contribution in [0.2, 0.25) is 0 Å². The molecule has 0 spiro atoms. The standard InChI is InChI=1S/C25H28N4O4/c1-18-8-9-23(26-17-18)29(24(30)22-7-4-16-33-22)20-11-14-28(15-12-20)13-10-19-5-2-3-6-21(19)27-25(31)32/h2-9,16-17,20,27H,10-15H2,1H3,(H,31,32). The maximum absolute atomic E-state index is 13.2. The van der Waals surface area contributed by atoms with Gasteiger partial charge in [-0.3, -0.25) is 15.0 Å². The second-order valence-corrected chi connectivity index (χ2v) is 8.26. The number of hydrogen-bond donors (Lipinski definition) is 2. The van der Waals surface area contributed by atoms with E-state index in [-0.39, 0.29) is 11.9 Å². The molecule has 2 N–H and O–H groups in total. The predicted molar refractivity (Wildman–Crippen MR) is 126 cm³/mol. The van der Waals surface area contributed by atoms with Gasteiger partial charge in [-0.1, -0.05) is 24.3 Å². The number of carbonyl (C=O) groups excluding carboxylic acids is 1. The number of benzene rings is 1. The minimum absolute atomic E-state index is 0.0232. The van der Waals surface area contributed by atoms with Crippen molar-refractivity contribution in [2.75, 3.05) is 29.9 Å².